The van der Waals surface area contributed by atoms with E-state index in [-0.39, 0.29) is 11.8 Å². The van der Waals surface area contributed by atoms with E-state index in [0.717, 1.165) is 5.39 Å². The highest BCUT2D eigenvalue weighted by Crippen LogP contribution is 2.20. The summed E-state index contributed by atoms with van der Waals surface area (Å²) in [4.78, 5) is 25.2. The van der Waals surface area contributed by atoms with Crippen LogP contribution >= 0.6 is 0 Å². The first-order valence-corrected chi connectivity index (χ1v) is 6.93. The van der Waals surface area contributed by atoms with Crippen LogP contribution in [0.3, 0.4) is 0 Å². The number of aliphatic carboxylic acids is 1. The Morgan fingerprint density at radius 2 is 2.05 bits per heavy atom. The van der Waals surface area contributed by atoms with Crippen molar-refractivity contribution in [1.29, 1.82) is 0 Å². The van der Waals surface area contributed by atoms with Crippen molar-refractivity contribution in [1.82, 2.24) is 4.90 Å². The Bertz CT molecular complexity index is 661. The topological polar surface area (TPSA) is 70.8 Å². The van der Waals surface area contributed by atoms with Gasteiger partial charge >= 0.3 is 5.97 Å². The Morgan fingerprint density at radius 3 is 2.67 bits per heavy atom. The number of likely N-dealkylation sites (N-methyl/N-ethyl adjacent to an activating group) is 1. The predicted octanol–water partition coefficient (Wildman–Crippen LogP) is 3.00. The monoisotopic (exact) mass is 289 g/mol. The number of carbonyl (C=O) groups is 2. The zero-order chi connectivity index (χ0) is 15.6. The summed E-state index contributed by atoms with van der Waals surface area (Å²) in [5, 5.41) is 10.3. The Balaban J connectivity index is 2.30. The van der Waals surface area contributed by atoms with E-state index >= 15 is 0 Å². The molecule has 1 heterocycles. The van der Waals surface area contributed by atoms with Crippen LogP contribution in [0.4, 0.5) is 0 Å². The molecule has 0 radical (unpaired) electrons. The SMILES string of the molecule is CCC(C)C(C(=O)O)N(C)C(=O)c1ccc2ccoc2c1. The number of carboxylic acid groups (broad SMARTS) is 1. The van der Waals surface area contributed by atoms with E-state index in [4.69, 9.17) is 4.42 Å². The smallest absolute Gasteiger partial charge is 0.326 e. The van der Waals surface area contributed by atoms with Gasteiger partial charge < -0.3 is 14.4 Å². The van der Waals surface area contributed by atoms with Crippen LogP contribution in [-0.4, -0.2) is 35.0 Å². The van der Waals surface area contributed by atoms with Crippen LogP contribution in [0.2, 0.25) is 0 Å². The molecule has 0 aliphatic heterocycles. The molecule has 5 heteroatoms. The summed E-state index contributed by atoms with van der Waals surface area (Å²) in [5.41, 5.74) is 1.04. The Hall–Kier alpha value is -2.30. The molecule has 1 aromatic heterocycles. The highest BCUT2D eigenvalue weighted by atomic mass is 16.4. The van der Waals surface area contributed by atoms with Crippen molar-refractivity contribution in [3.05, 3.63) is 36.1 Å². The third-order valence-corrected chi connectivity index (χ3v) is 3.88. The number of rotatable bonds is 5. The first kappa shape index (κ1) is 15.1. The molecule has 21 heavy (non-hydrogen) atoms. The Labute approximate surface area is 123 Å². The van der Waals surface area contributed by atoms with Gasteiger partial charge in [0.1, 0.15) is 11.6 Å². The van der Waals surface area contributed by atoms with Gasteiger partial charge in [-0.3, -0.25) is 4.79 Å². The van der Waals surface area contributed by atoms with Crippen molar-refractivity contribution in [3.63, 3.8) is 0 Å². The van der Waals surface area contributed by atoms with Gasteiger partial charge in [-0.05, 0) is 24.1 Å². The molecular weight excluding hydrogens is 270 g/mol. The highest BCUT2D eigenvalue weighted by molar-refractivity contribution is 5.99. The summed E-state index contributed by atoms with van der Waals surface area (Å²) in [6, 6.07) is 6.09. The number of furan rings is 1. The second kappa shape index (κ2) is 5.99. The van der Waals surface area contributed by atoms with E-state index in [2.05, 4.69) is 0 Å². The minimum atomic E-state index is -0.987. The maximum absolute atomic E-state index is 12.5. The molecule has 2 atom stereocenters. The van der Waals surface area contributed by atoms with Crippen LogP contribution < -0.4 is 0 Å². The molecule has 0 aliphatic rings. The maximum atomic E-state index is 12.5. The molecule has 1 N–H and O–H groups in total. The summed E-state index contributed by atoms with van der Waals surface area (Å²) < 4.78 is 5.28. The van der Waals surface area contributed by atoms with Gasteiger partial charge in [0.2, 0.25) is 0 Å². The van der Waals surface area contributed by atoms with Gasteiger partial charge in [0.05, 0.1) is 6.26 Å². The first-order valence-electron chi connectivity index (χ1n) is 6.93. The minimum Gasteiger partial charge on any atom is -0.480 e. The lowest BCUT2D eigenvalue weighted by Crippen LogP contribution is -2.46. The van der Waals surface area contributed by atoms with Gasteiger partial charge in [-0.25, -0.2) is 4.79 Å². The first-order chi connectivity index (χ1) is 9.95. The quantitative estimate of drug-likeness (QED) is 0.918. The van der Waals surface area contributed by atoms with Gasteiger partial charge in [-0.2, -0.15) is 0 Å². The Morgan fingerprint density at radius 1 is 1.33 bits per heavy atom. The van der Waals surface area contributed by atoms with E-state index in [1.54, 1.807) is 24.5 Å². The molecule has 2 rings (SSSR count). The van der Waals surface area contributed by atoms with Crippen LogP contribution in [0.15, 0.2) is 34.9 Å². The number of fused-ring (bicyclic) bond motifs is 1. The van der Waals surface area contributed by atoms with Crippen molar-refractivity contribution in [2.24, 2.45) is 5.92 Å². The van der Waals surface area contributed by atoms with Crippen LogP contribution in [0.25, 0.3) is 11.0 Å². The predicted molar refractivity (Wildman–Crippen MR) is 79.2 cm³/mol. The number of carboxylic acids is 1. The normalized spacial score (nSPS) is 13.9. The van der Waals surface area contributed by atoms with Gasteiger partial charge in [-0.15, -0.1) is 0 Å². The fourth-order valence-electron chi connectivity index (χ4n) is 2.43. The number of benzene rings is 1. The molecule has 2 unspecified atom stereocenters. The summed E-state index contributed by atoms with van der Waals surface area (Å²) in [6.45, 7) is 3.74. The summed E-state index contributed by atoms with van der Waals surface area (Å²) in [7, 11) is 1.53. The summed E-state index contributed by atoms with van der Waals surface area (Å²) in [6.07, 6.45) is 2.24. The molecule has 5 nitrogen and oxygen atoms in total. The molecule has 1 amide bonds. The van der Waals surface area contributed by atoms with Crippen LogP contribution in [0.5, 0.6) is 0 Å². The fraction of sp³-hybridized carbons (Fsp3) is 0.375. The lowest BCUT2D eigenvalue weighted by molar-refractivity contribution is -0.143. The summed E-state index contributed by atoms with van der Waals surface area (Å²) in [5.74, 6) is -1.43. The number of nitrogens with zero attached hydrogens (tertiary/aromatic N) is 1. The van der Waals surface area contributed by atoms with Gasteiger partial charge in [-0.1, -0.05) is 26.3 Å². The number of hydrogen-bond acceptors (Lipinski definition) is 3. The van der Waals surface area contributed by atoms with E-state index in [9.17, 15) is 14.7 Å². The molecule has 2 aromatic rings. The number of amides is 1. The second-order valence-electron chi connectivity index (χ2n) is 5.26. The second-order valence-corrected chi connectivity index (χ2v) is 5.26. The Kier molecular flexibility index (Phi) is 4.31. The van der Waals surface area contributed by atoms with Crippen LogP contribution in [-0.2, 0) is 4.79 Å². The van der Waals surface area contributed by atoms with Crippen LogP contribution in [0, 0.1) is 5.92 Å². The van der Waals surface area contributed by atoms with E-state index in [1.807, 2.05) is 19.9 Å². The zero-order valence-corrected chi connectivity index (χ0v) is 12.4. The van der Waals surface area contributed by atoms with E-state index in [0.29, 0.717) is 17.6 Å². The standard InChI is InChI=1S/C16H19NO4/c1-4-10(2)14(16(19)20)17(3)15(18)12-6-5-11-7-8-21-13(11)9-12/h5-10,14H,4H2,1-3H3,(H,19,20). The lowest BCUT2D eigenvalue weighted by atomic mass is 9.97. The zero-order valence-electron chi connectivity index (χ0n) is 12.4. The fourth-order valence-corrected chi connectivity index (χ4v) is 2.43. The maximum Gasteiger partial charge on any atom is 0.326 e. The van der Waals surface area contributed by atoms with Gasteiger partial charge in [0, 0.05) is 18.0 Å². The largest absolute Gasteiger partial charge is 0.480 e. The van der Waals surface area contributed by atoms with Gasteiger partial charge in [0.15, 0.2) is 0 Å². The number of carbonyl (C=O) groups excluding carboxylic acids is 1. The van der Waals surface area contributed by atoms with E-state index < -0.39 is 12.0 Å². The molecular formula is C16H19NO4. The van der Waals surface area contributed by atoms with Crippen molar-refractivity contribution < 1.29 is 19.1 Å². The molecule has 0 spiro atoms. The molecule has 0 saturated heterocycles. The summed E-state index contributed by atoms with van der Waals surface area (Å²) >= 11 is 0. The minimum absolute atomic E-state index is 0.121. The van der Waals surface area contributed by atoms with Crippen LogP contribution in [0.1, 0.15) is 30.6 Å². The average Bonchev–Trinajstić information content (AvgIpc) is 2.93. The van der Waals surface area contributed by atoms with E-state index in [1.165, 1.54) is 11.9 Å². The highest BCUT2D eigenvalue weighted by Gasteiger charge is 2.31. The molecule has 0 saturated carbocycles. The van der Waals surface area contributed by atoms with Crippen molar-refractivity contribution in [2.75, 3.05) is 7.05 Å². The third kappa shape index (κ3) is 2.91. The third-order valence-electron chi connectivity index (χ3n) is 3.88. The lowest BCUT2D eigenvalue weighted by Gasteiger charge is -2.29. The number of hydrogen-bond donors (Lipinski definition) is 1. The molecule has 0 aliphatic carbocycles. The van der Waals surface area contributed by atoms with Gasteiger partial charge in [0.25, 0.3) is 5.91 Å². The molecule has 112 valence electrons. The van der Waals surface area contributed by atoms with Crippen molar-refractivity contribution in [3.8, 4) is 0 Å². The van der Waals surface area contributed by atoms with Crippen molar-refractivity contribution in [2.45, 2.75) is 26.3 Å². The van der Waals surface area contributed by atoms with Crippen molar-refractivity contribution >= 4 is 22.8 Å². The molecule has 0 fully saturated rings. The average molecular weight is 289 g/mol. The molecule has 0 bridgehead atoms. The molecule has 1 aromatic carbocycles.